The normalized spacial score (nSPS) is 21.8. The summed E-state index contributed by atoms with van der Waals surface area (Å²) >= 11 is 8.31. The molecule has 2 aliphatic heterocycles. The quantitative estimate of drug-likeness (QED) is 0.657. The maximum atomic E-state index is 11.8. The molecular formula is C21H25ClN4O3S2. The van der Waals surface area contributed by atoms with Crippen LogP contribution in [0.4, 0.5) is 5.69 Å². The largest absolute Gasteiger partial charge is 0.369 e. The van der Waals surface area contributed by atoms with E-state index in [1.807, 2.05) is 12.1 Å². The monoisotopic (exact) mass is 480 g/mol. The van der Waals surface area contributed by atoms with Crippen LogP contribution in [0.5, 0.6) is 0 Å². The van der Waals surface area contributed by atoms with E-state index in [2.05, 4.69) is 15.9 Å². The van der Waals surface area contributed by atoms with Gasteiger partial charge in [0.1, 0.15) is 5.50 Å². The van der Waals surface area contributed by atoms with Gasteiger partial charge in [0.25, 0.3) is 0 Å². The van der Waals surface area contributed by atoms with Crippen molar-refractivity contribution in [1.82, 2.24) is 4.90 Å². The molecule has 2 heterocycles. The first kappa shape index (κ1) is 22.4. The summed E-state index contributed by atoms with van der Waals surface area (Å²) in [5.41, 5.74) is 7.62. The molecule has 31 heavy (non-hydrogen) atoms. The van der Waals surface area contributed by atoms with Crippen molar-refractivity contribution >= 4 is 45.0 Å². The van der Waals surface area contributed by atoms with Gasteiger partial charge in [0.05, 0.1) is 21.5 Å². The number of nitrogens with zero attached hydrogens (tertiary/aromatic N) is 2. The molecule has 0 radical (unpaired) electrons. The van der Waals surface area contributed by atoms with Gasteiger partial charge in [-0.1, -0.05) is 41.6 Å². The first-order chi connectivity index (χ1) is 14.7. The van der Waals surface area contributed by atoms with E-state index in [1.165, 1.54) is 12.1 Å². The fraction of sp³-hybridized carbons (Fsp3) is 0.381. The van der Waals surface area contributed by atoms with Crippen molar-refractivity contribution < 1.29 is 13.2 Å². The van der Waals surface area contributed by atoms with E-state index in [-0.39, 0.29) is 22.2 Å². The third-order valence-electron chi connectivity index (χ3n) is 5.80. The predicted octanol–water partition coefficient (Wildman–Crippen LogP) is 2.62. The van der Waals surface area contributed by atoms with E-state index in [4.69, 9.17) is 22.5 Å². The molecule has 1 saturated heterocycles. The molecule has 0 aromatic heterocycles. The summed E-state index contributed by atoms with van der Waals surface area (Å²) in [5.74, 6) is -0.383. The summed E-state index contributed by atoms with van der Waals surface area (Å²) in [4.78, 5) is 17.6. The number of fused-ring (bicyclic) bond motifs is 1. The number of sulfonamides is 1. The van der Waals surface area contributed by atoms with Gasteiger partial charge in [0.15, 0.2) is 0 Å². The molecule has 2 aromatic carbocycles. The minimum Gasteiger partial charge on any atom is -0.369 e. The number of para-hydroxylation sites is 1. The van der Waals surface area contributed by atoms with Crippen LogP contribution in [0, 0.1) is 5.92 Å². The van der Waals surface area contributed by atoms with Crippen LogP contribution >= 0.6 is 23.4 Å². The van der Waals surface area contributed by atoms with Crippen LogP contribution < -0.4 is 15.8 Å². The molecule has 2 aliphatic rings. The Balaban J connectivity index is 1.55. The fourth-order valence-electron chi connectivity index (χ4n) is 4.19. The van der Waals surface area contributed by atoms with Gasteiger partial charge in [-0.05, 0) is 49.1 Å². The third-order valence-corrected chi connectivity index (χ3v) is 8.38. The second-order valence-electron chi connectivity index (χ2n) is 7.90. The minimum absolute atomic E-state index is 0.0285. The molecule has 0 spiro atoms. The van der Waals surface area contributed by atoms with Crippen LogP contribution in [0.1, 0.15) is 18.4 Å². The molecular weight excluding hydrogens is 456 g/mol. The maximum Gasteiger partial charge on any atom is 0.238 e. The van der Waals surface area contributed by atoms with Crippen molar-refractivity contribution in [2.24, 2.45) is 16.8 Å². The number of rotatable bonds is 6. The van der Waals surface area contributed by atoms with Gasteiger partial charge in [-0.25, -0.2) is 13.6 Å². The molecule has 0 bridgehead atoms. The summed E-state index contributed by atoms with van der Waals surface area (Å²) in [6.07, 6.45) is 2.46. The predicted molar refractivity (Wildman–Crippen MR) is 123 cm³/mol. The van der Waals surface area contributed by atoms with Crippen molar-refractivity contribution in [2.75, 3.05) is 24.5 Å². The second-order valence-corrected chi connectivity index (χ2v) is 11.0. The molecule has 7 nitrogen and oxygen atoms in total. The molecule has 0 aliphatic carbocycles. The van der Waals surface area contributed by atoms with Crippen LogP contribution in [0.2, 0.25) is 5.02 Å². The van der Waals surface area contributed by atoms with Crippen molar-refractivity contribution in [3.05, 3.63) is 53.1 Å². The van der Waals surface area contributed by atoms with E-state index >= 15 is 0 Å². The van der Waals surface area contributed by atoms with Crippen molar-refractivity contribution in [1.29, 1.82) is 0 Å². The average Bonchev–Trinajstić information content (AvgIpc) is 3.12. The Bertz CT molecular complexity index is 1080. The molecule has 2 atom stereocenters. The van der Waals surface area contributed by atoms with Crippen molar-refractivity contribution in [3.63, 3.8) is 0 Å². The van der Waals surface area contributed by atoms with Gasteiger partial charge in [-0.15, -0.1) is 0 Å². The first-order valence-electron chi connectivity index (χ1n) is 10.1. The number of amides is 1. The molecule has 166 valence electrons. The number of hydrogen-bond acceptors (Lipinski definition) is 6. The minimum atomic E-state index is -3.71. The van der Waals surface area contributed by atoms with Gasteiger partial charge in [0.2, 0.25) is 15.9 Å². The summed E-state index contributed by atoms with van der Waals surface area (Å²) in [6.45, 7) is 2.23. The van der Waals surface area contributed by atoms with Crippen LogP contribution in [0.25, 0.3) is 0 Å². The summed E-state index contributed by atoms with van der Waals surface area (Å²) < 4.78 is 23.0. The standard InChI is InChI=1S/C21H25ClN4O3S2/c22-17-4-1-5-18-19(17)26(12-10-14-6-8-16(9-7-14)31(24,28)29)21(30-18)25-11-2-3-15(13-25)20(23)27/h1,4-9,15,21H,2-3,10-13H2,(H2,23,27)(H2,24,28,29). The number of primary amides is 1. The van der Waals surface area contributed by atoms with Crippen LogP contribution in [0.3, 0.4) is 0 Å². The molecule has 4 N–H and O–H groups in total. The molecule has 1 amide bonds. The van der Waals surface area contributed by atoms with E-state index in [0.717, 1.165) is 35.5 Å². The number of likely N-dealkylation sites (tertiary alicyclic amines) is 1. The Morgan fingerprint density at radius 3 is 2.61 bits per heavy atom. The molecule has 4 rings (SSSR count). The average molecular weight is 481 g/mol. The molecule has 0 saturated carbocycles. The number of primary sulfonamides is 1. The highest BCUT2D eigenvalue weighted by molar-refractivity contribution is 8.00. The number of nitrogens with two attached hydrogens (primary N) is 2. The fourth-order valence-corrected chi connectivity index (χ4v) is 6.44. The smallest absolute Gasteiger partial charge is 0.238 e. The van der Waals surface area contributed by atoms with Gasteiger partial charge >= 0.3 is 0 Å². The summed E-state index contributed by atoms with van der Waals surface area (Å²) in [6, 6.07) is 12.5. The Morgan fingerprint density at radius 2 is 1.94 bits per heavy atom. The number of hydrogen-bond donors (Lipinski definition) is 2. The number of thioether (sulfide) groups is 1. The van der Waals surface area contributed by atoms with Gasteiger partial charge in [0, 0.05) is 24.5 Å². The number of carbonyl (C=O) groups is 1. The number of anilines is 1. The lowest BCUT2D eigenvalue weighted by Crippen LogP contribution is -2.51. The van der Waals surface area contributed by atoms with Crippen LogP contribution in [-0.4, -0.2) is 44.4 Å². The van der Waals surface area contributed by atoms with E-state index in [1.54, 1.807) is 23.9 Å². The van der Waals surface area contributed by atoms with Gasteiger partial charge < -0.3 is 10.6 Å². The highest BCUT2D eigenvalue weighted by Crippen LogP contribution is 2.48. The highest BCUT2D eigenvalue weighted by Gasteiger charge is 2.38. The van der Waals surface area contributed by atoms with E-state index in [0.29, 0.717) is 24.5 Å². The van der Waals surface area contributed by atoms with Crippen LogP contribution in [-0.2, 0) is 21.2 Å². The zero-order valence-corrected chi connectivity index (χ0v) is 19.3. The van der Waals surface area contributed by atoms with Crippen LogP contribution in [0.15, 0.2) is 52.3 Å². The van der Waals surface area contributed by atoms with E-state index < -0.39 is 10.0 Å². The summed E-state index contributed by atoms with van der Waals surface area (Å²) in [7, 11) is -3.71. The number of piperidine rings is 1. The van der Waals surface area contributed by atoms with Crippen molar-refractivity contribution in [2.45, 2.75) is 34.6 Å². The Kier molecular flexibility index (Phi) is 6.50. The third kappa shape index (κ3) is 4.85. The zero-order valence-electron chi connectivity index (χ0n) is 16.9. The van der Waals surface area contributed by atoms with Gasteiger partial charge in [-0.2, -0.15) is 0 Å². The number of halogens is 1. The van der Waals surface area contributed by atoms with Gasteiger partial charge in [-0.3, -0.25) is 9.69 Å². The molecule has 2 unspecified atom stereocenters. The molecule has 10 heteroatoms. The lowest BCUT2D eigenvalue weighted by atomic mass is 9.98. The SMILES string of the molecule is NC(=O)C1CCCN(C2Sc3cccc(Cl)c3N2CCc2ccc(S(N)(=O)=O)cc2)C1. The zero-order chi connectivity index (χ0) is 22.2. The molecule has 1 fully saturated rings. The lowest BCUT2D eigenvalue weighted by Gasteiger charge is -2.40. The second kappa shape index (κ2) is 8.99. The Hall–Kier alpha value is -1.78. The Morgan fingerprint density at radius 1 is 1.19 bits per heavy atom. The molecule has 2 aromatic rings. The maximum absolute atomic E-state index is 11.8. The number of carbonyl (C=O) groups excluding carboxylic acids is 1. The van der Waals surface area contributed by atoms with Crippen molar-refractivity contribution in [3.8, 4) is 0 Å². The van der Waals surface area contributed by atoms with E-state index in [9.17, 15) is 13.2 Å². The topological polar surface area (TPSA) is 110 Å². The lowest BCUT2D eigenvalue weighted by molar-refractivity contribution is -0.123. The first-order valence-corrected chi connectivity index (χ1v) is 12.9. The summed E-state index contributed by atoms with van der Waals surface area (Å²) in [5, 5.41) is 5.89. The Labute approximate surface area is 191 Å². The highest BCUT2D eigenvalue weighted by atomic mass is 35.5. The number of benzene rings is 2.